The van der Waals surface area contributed by atoms with E-state index in [9.17, 15) is 13.2 Å². The molecule has 1 rings (SSSR count). The van der Waals surface area contributed by atoms with E-state index in [1.54, 1.807) is 0 Å². The van der Waals surface area contributed by atoms with Crippen LogP contribution < -0.4 is 0 Å². The first kappa shape index (κ1) is 11.8. The Bertz CT molecular complexity index is 168. The van der Waals surface area contributed by atoms with Crippen LogP contribution in [0.25, 0.3) is 0 Å². The summed E-state index contributed by atoms with van der Waals surface area (Å²) in [5, 5.41) is 8.61. The SMILES string of the molecule is OCCN(CCC1CC1)CC(F)(F)F. The van der Waals surface area contributed by atoms with Gasteiger partial charge in [-0.1, -0.05) is 12.8 Å². The highest BCUT2D eigenvalue weighted by atomic mass is 19.4. The second-order valence-corrected chi connectivity index (χ2v) is 3.85. The standard InChI is InChI=1S/C9H16F3NO/c10-9(11,12)7-13(5-6-14)4-3-8-1-2-8/h8,14H,1-7H2. The topological polar surface area (TPSA) is 23.5 Å². The molecule has 0 spiro atoms. The normalized spacial score (nSPS) is 17.8. The molecule has 1 N–H and O–H groups in total. The highest BCUT2D eigenvalue weighted by molar-refractivity contribution is 4.75. The zero-order chi connectivity index (χ0) is 10.6. The second kappa shape index (κ2) is 4.98. The van der Waals surface area contributed by atoms with Gasteiger partial charge in [0.15, 0.2) is 0 Å². The molecule has 0 bridgehead atoms. The minimum Gasteiger partial charge on any atom is -0.395 e. The molecule has 2 nitrogen and oxygen atoms in total. The summed E-state index contributed by atoms with van der Waals surface area (Å²) >= 11 is 0. The first-order valence-corrected chi connectivity index (χ1v) is 4.91. The van der Waals surface area contributed by atoms with Crippen molar-refractivity contribution in [2.24, 2.45) is 5.92 Å². The monoisotopic (exact) mass is 211 g/mol. The van der Waals surface area contributed by atoms with E-state index in [4.69, 9.17) is 5.11 Å². The molecule has 14 heavy (non-hydrogen) atoms. The smallest absolute Gasteiger partial charge is 0.395 e. The predicted molar refractivity (Wildman–Crippen MR) is 46.9 cm³/mol. The fraction of sp³-hybridized carbons (Fsp3) is 1.00. The van der Waals surface area contributed by atoms with Crippen LogP contribution in [0.2, 0.25) is 0 Å². The molecule has 0 aliphatic heterocycles. The Hall–Kier alpha value is -0.290. The largest absolute Gasteiger partial charge is 0.401 e. The fourth-order valence-corrected chi connectivity index (χ4v) is 1.44. The van der Waals surface area contributed by atoms with Crippen molar-refractivity contribution in [2.45, 2.75) is 25.4 Å². The van der Waals surface area contributed by atoms with E-state index < -0.39 is 12.7 Å². The predicted octanol–water partition coefficient (Wildman–Crippen LogP) is 1.64. The third-order valence-electron chi connectivity index (χ3n) is 2.37. The van der Waals surface area contributed by atoms with Crippen LogP contribution in [0.5, 0.6) is 0 Å². The van der Waals surface area contributed by atoms with Gasteiger partial charge in [-0.05, 0) is 18.9 Å². The van der Waals surface area contributed by atoms with Gasteiger partial charge in [-0.25, -0.2) is 0 Å². The van der Waals surface area contributed by atoms with E-state index in [1.807, 2.05) is 0 Å². The lowest BCUT2D eigenvalue weighted by molar-refractivity contribution is -0.146. The lowest BCUT2D eigenvalue weighted by Crippen LogP contribution is -2.37. The Labute approximate surface area is 81.7 Å². The highest BCUT2D eigenvalue weighted by Crippen LogP contribution is 2.32. The van der Waals surface area contributed by atoms with Crippen molar-refractivity contribution >= 4 is 0 Å². The third-order valence-corrected chi connectivity index (χ3v) is 2.37. The molecular weight excluding hydrogens is 195 g/mol. The summed E-state index contributed by atoms with van der Waals surface area (Å²) in [5.74, 6) is 0.629. The summed E-state index contributed by atoms with van der Waals surface area (Å²) < 4.78 is 36.1. The molecule has 1 aliphatic carbocycles. The first-order valence-electron chi connectivity index (χ1n) is 4.91. The maximum absolute atomic E-state index is 12.0. The first-order chi connectivity index (χ1) is 6.51. The Kier molecular flexibility index (Phi) is 4.19. The van der Waals surface area contributed by atoms with Crippen molar-refractivity contribution in [1.29, 1.82) is 0 Å². The number of aliphatic hydroxyl groups is 1. The number of alkyl halides is 3. The molecule has 5 heteroatoms. The molecule has 0 aromatic rings. The van der Waals surface area contributed by atoms with Crippen molar-refractivity contribution in [3.05, 3.63) is 0 Å². The third kappa shape index (κ3) is 5.44. The van der Waals surface area contributed by atoms with Crippen LogP contribution in [0, 0.1) is 5.92 Å². The van der Waals surface area contributed by atoms with Crippen LogP contribution in [-0.4, -0.2) is 42.4 Å². The fourth-order valence-electron chi connectivity index (χ4n) is 1.44. The Morgan fingerprint density at radius 2 is 1.86 bits per heavy atom. The van der Waals surface area contributed by atoms with Gasteiger partial charge < -0.3 is 5.11 Å². The van der Waals surface area contributed by atoms with Crippen LogP contribution in [0.3, 0.4) is 0 Å². The van der Waals surface area contributed by atoms with E-state index in [0.717, 1.165) is 19.3 Å². The molecule has 0 amide bonds. The molecule has 1 fully saturated rings. The summed E-state index contributed by atoms with van der Waals surface area (Å²) in [6.45, 7) is -0.544. The quantitative estimate of drug-likeness (QED) is 0.722. The molecule has 0 aromatic heterocycles. The second-order valence-electron chi connectivity index (χ2n) is 3.85. The minimum atomic E-state index is -4.15. The van der Waals surface area contributed by atoms with Crippen molar-refractivity contribution in [1.82, 2.24) is 4.90 Å². The average molecular weight is 211 g/mol. The van der Waals surface area contributed by atoms with Crippen molar-refractivity contribution in [3.8, 4) is 0 Å². The van der Waals surface area contributed by atoms with Gasteiger partial charge in [0.1, 0.15) is 0 Å². The van der Waals surface area contributed by atoms with Crippen molar-refractivity contribution < 1.29 is 18.3 Å². The lowest BCUT2D eigenvalue weighted by Gasteiger charge is -2.22. The molecule has 0 unspecified atom stereocenters. The minimum absolute atomic E-state index is 0.117. The molecule has 0 heterocycles. The number of hydrogen-bond acceptors (Lipinski definition) is 2. The van der Waals surface area contributed by atoms with Crippen molar-refractivity contribution in [3.63, 3.8) is 0 Å². The molecule has 0 atom stereocenters. The zero-order valence-electron chi connectivity index (χ0n) is 8.06. The number of hydrogen-bond donors (Lipinski definition) is 1. The van der Waals surface area contributed by atoms with E-state index in [2.05, 4.69) is 0 Å². The van der Waals surface area contributed by atoms with E-state index >= 15 is 0 Å². The van der Waals surface area contributed by atoms with Gasteiger partial charge in [0.25, 0.3) is 0 Å². The van der Waals surface area contributed by atoms with Gasteiger partial charge in [-0.2, -0.15) is 13.2 Å². The number of aliphatic hydroxyl groups excluding tert-OH is 1. The summed E-state index contributed by atoms with van der Waals surface area (Å²) in [7, 11) is 0. The highest BCUT2D eigenvalue weighted by Gasteiger charge is 2.31. The van der Waals surface area contributed by atoms with Gasteiger partial charge in [-0.3, -0.25) is 4.90 Å². The number of nitrogens with zero attached hydrogens (tertiary/aromatic N) is 1. The van der Waals surface area contributed by atoms with E-state index in [-0.39, 0.29) is 13.2 Å². The van der Waals surface area contributed by atoms with Crippen LogP contribution in [-0.2, 0) is 0 Å². The van der Waals surface area contributed by atoms with Crippen LogP contribution in [0.4, 0.5) is 13.2 Å². The Balaban J connectivity index is 2.21. The summed E-state index contributed by atoms with van der Waals surface area (Å²) in [5.41, 5.74) is 0. The lowest BCUT2D eigenvalue weighted by atomic mass is 10.2. The summed E-state index contributed by atoms with van der Waals surface area (Å²) in [6.07, 6.45) is -1.02. The maximum Gasteiger partial charge on any atom is 0.401 e. The zero-order valence-corrected chi connectivity index (χ0v) is 8.06. The van der Waals surface area contributed by atoms with Crippen molar-refractivity contribution in [2.75, 3.05) is 26.2 Å². The molecule has 84 valence electrons. The number of rotatable bonds is 6. The average Bonchev–Trinajstić information content (AvgIpc) is 2.80. The van der Waals surface area contributed by atoms with Crippen LogP contribution in [0.1, 0.15) is 19.3 Å². The maximum atomic E-state index is 12.0. The Morgan fingerprint density at radius 1 is 1.21 bits per heavy atom. The number of halogens is 3. The molecular formula is C9H16F3NO. The summed E-state index contributed by atoms with van der Waals surface area (Å²) in [6, 6.07) is 0. The Morgan fingerprint density at radius 3 is 2.29 bits per heavy atom. The molecule has 0 saturated heterocycles. The van der Waals surface area contributed by atoms with Crippen LogP contribution >= 0.6 is 0 Å². The van der Waals surface area contributed by atoms with E-state index in [0.29, 0.717) is 12.5 Å². The molecule has 1 aliphatic rings. The van der Waals surface area contributed by atoms with Gasteiger partial charge in [0, 0.05) is 6.54 Å². The van der Waals surface area contributed by atoms with Gasteiger partial charge >= 0.3 is 6.18 Å². The van der Waals surface area contributed by atoms with Gasteiger partial charge in [0.05, 0.1) is 13.2 Å². The van der Waals surface area contributed by atoms with E-state index in [1.165, 1.54) is 4.90 Å². The molecule has 0 radical (unpaired) electrons. The molecule has 0 aromatic carbocycles. The van der Waals surface area contributed by atoms with Gasteiger partial charge in [0.2, 0.25) is 0 Å². The molecule has 1 saturated carbocycles. The van der Waals surface area contributed by atoms with Gasteiger partial charge in [-0.15, -0.1) is 0 Å². The summed E-state index contributed by atoms with van der Waals surface area (Å²) in [4.78, 5) is 1.28. The van der Waals surface area contributed by atoms with Crippen LogP contribution in [0.15, 0.2) is 0 Å².